The van der Waals surface area contributed by atoms with E-state index in [2.05, 4.69) is 22.3 Å². The fourth-order valence-electron chi connectivity index (χ4n) is 3.96. The number of nitrogens with zero attached hydrogens (tertiary/aromatic N) is 2. The van der Waals surface area contributed by atoms with Crippen molar-refractivity contribution in [1.82, 2.24) is 15.1 Å². The second-order valence-electron chi connectivity index (χ2n) is 6.79. The number of rotatable bonds is 2. The van der Waals surface area contributed by atoms with Gasteiger partial charge in [-0.3, -0.25) is 9.89 Å². The Morgan fingerprint density at radius 2 is 2.00 bits per heavy atom. The van der Waals surface area contributed by atoms with E-state index in [4.69, 9.17) is 0 Å². The van der Waals surface area contributed by atoms with Crippen LogP contribution in [0.3, 0.4) is 0 Å². The lowest BCUT2D eigenvalue weighted by Gasteiger charge is -2.32. The molecule has 0 bridgehead atoms. The summed E-state index contributed by atoms with van der Waals surface area (Å²) in [5.74, 6) is 0.565. The van der Waals surface area contributed by atoms with Crippen molar-refractivity contribution in [2.45, 2.75) is 44.4 Å². The molecule has 1 N–H and O–H groups in total. The highest BCUT2D eigenvalue weighted by atomic mass is 16.2. The van der Waals surface area contributed by atoms with Crippen molar-refractivity contribution in [1.29, 1.82) is 0 Å². The standard InChI is InChI=1S/C19H23N3O/c23-19(16-8-7-14-4-1-2-5-15(14)12-16)22-11-3-6-17(13-22)18-9-10-20-21-18/h7-10,12,17H,1-6,11,13H2,(H,20,21). The molecule has 2 heterocycles. The largest absolute Gasteiger partial charge is 0.338 e. The molecule has 1 aromatic carbocycles. The van der Waals surface area contributed by atoms with Gasteiger partial charge in [-0.2, -0.15) is 5.10 Å². The summed E-state index contributed by atoms with van der Waals surface area (Å²) in [7, 11) is 0. The number of H-pyrrole nitrogens is 1. The third kappa shape index (κ3) is 2.90. The zero-order chi connectivity index (χ0) is 15.6. The minimum absolute atomic E-state index is 0.183. The van der Waals surface area contributed by atoms with Gasteiger partial charge in [0.15, 0.2) is 0 Å². The second kappa shape index (κ2) is 6.19. The van der Waals surface area contributed by atoms with Gasteiger partial charge in [-0.15, -0.1) is 0 Å². The van der Waals surface area contributed by atoms with E-state index >= 15 is 0 Å². The SMILES string of the molecule is O=C(c1ccc2c(c1)CCCC2)N1CCCC(c2ccn[nH]2)C1. The summed E-state index contributed by atoms with van der Waals surface area (Å²) in [4.78, 5) is 14.9. The number of fused-ring (bicyclic) bond motifs is 1. The van der Waals surface area contributed by atoms with Crippen LogP contribution in [0.15, 0.2) is 30.5 Å². The normalized spacial score (nSPS) is 21.0. The number of benzene rings is 1. The Balaban J connectivity index is 1.52. The highest BCUT2D eigenvalue weighted by Crippen LogP contribution is 2.27. The van der Waals surface area contributed by atoms with Crippen molar-refractivity contribution in [3.8, 4) is 0 Å². The van der Waals surface area contributed by atoms with E-state index in [1.807, 2.05) is 17.0 Å². The third-order valence-electron chi connectivity index (χ3n) is 5.27. The highest BCUT2D eigenvalue weighted by molar-refractivity contribution is 5.94. The maximum atomic E-state index is 12.9. The number of hydrogen-bond donors (Lipinski definition) is 1. The van der Waals surface area contributed by atoms with Crippen LogP contribution < -0.4 is 0 Å². The number of aromatic nitrogens is 2. The van der Waals surface area contributed by atoms with Crippen molar-refractivity contribution in [3.05, 3.63) is 52.8 Å². The van der Waals surface area contributed by atoms with Gasteiger partial charge in [-0.1, -0.05) is 6.07 Å². The molecule has 23 heavy (non-hydrogen) atoms. The molecule has 0 radical (unpaired) electrons. The first-order valence-corrected chi connectivity index (χ1v) is 8.71. The number of carbonyl (C=O) groups excluding carboxylic acids is 1. The van der Waals surface area contributed by atoms with Gasteiger partial charge in [0.05, 0.1) is 0 Å². The summed E-state index contributed by atoms with van der Waals surface area (Å²) in [6.45, 7) is 1.65. The van der Waals surface area contributed by atoms with E-state index in [0.29, 0.717) is 5.92 Å². The minimum atomic E-state index is 0.183. The molecule has 1 saturated heterocycles. The fraction of sp³-hybridized carbons (Fsp3) is 0.474. The molecule has 0 spiro atoms. The average molecular weight is 309 g/mol. The smallest absolute Gasteiger partial charge is 0.253 e. The van der Waals surface area contributed by atoms with Crippen LogP contribution in [0.5, 0.6) is 0 Å². The Hall–Kier alpha value is -2.10. The molecule has 120 valence electrons. The molecular weight excluding hydrogens is 286 g/mol. The number of carbonyl (C=O) groups is 1. The maximum absolute atomic E-state index is 12.9. The van der Waals surface area contributed by atoms with E-state index in [0.717, 1.165) is 50.0 Å². The molecule has 4 heteroatoms. The zero-order valence-electron chi connectivity index (χ0n) is 13.4. The summed E-state index contributed by atoms with van der Waals surface area (Å²) < 4.78 is 0. The van der Waals surface area contributed by atoms with E-state index in [9.17, 15) is 4.79 Å². The molecule has 1 unspecified atom stereocenters. The molecule has 0 saturated carbocycles. The third-order valence-corrected chi connectivity index (χ3v) is 5.27. The topological polar surface area (TPSA) is 49.0 Å². The first kappa shape index (κ1) is 14.5. The molecule has 1 atom stereocenters. The van der Waals surface area contributed by atoms with Gasteiger partial charge >= 0.3 is 0 Å². The average Bonchev–Trinajstić information content (AvgIpc) is 3.15. The van der Waals surface area contributed by atoms with Gasteiger partial charge in [-0.25, -0.2) is 0 Å². The fourth-order valence-corrected chi connectivity index (χ4v) is 3.96. The first-order chi connectivity index (χ1) is 11.3. The quantitative estimate of drug-likeness (QED) is 0.925. The van der Waals surface area contributed by atoms with E-state index in [1.165, 1.54) is 24.0 Å². The van der Waals surface area contributed by atoms with E-state index in [-0.39, 0.29) is 5.91 Å². The Morgan fingerprint density at radius 1 is 1.13 bits per heavy atom. The van der Waals surface area contributed by atoms with Crippen molar-refractivity contribution in [3.63, 3.8) is 0 Å². The number of nitrogens with one attached hydrogen (secondary N) is 1. The first-order valence-electron chi connectivity index (χ1n) is 8.71. The summed E-state index contributed by atoms with van der Waals surface area (Å²) in [6, 6.07) is 8.35. The molecule has 1 fully saturated rings. The second-order valence-corrected chi connectivity index (χ2v) is 6.79. The van der Waals surface area contributed by atoms with Crippen LogP contribution in [0, 0.1) is 0 Å². The van der Waals surface area contributed by atoms with Crippen molar-refractivity contribution >= 4 is 5.91 Å². The lowest BCUT2D eigenvalue weighted by atomic mass is 9.89. The van der Waals surface area contributed by atoms with Gasteiger partial charge in [0.1, 0.15) is 0 Å². The van der Waals surface area contributed by atoms with Crippen LogP contribution in [-0.4, -0.2) is 34.1 Å². The minimum Gasteiger partial charge on any atom is -0.338 e. The van der Waals surface area contributed by atoms with Crippen LogP contribution in [-0.2, 0) is 12.8 Å². The number of aryl methyl sites for hydroxylation is 2. The molecule has 2 aliphatic rings. The summed E-state index contributed by atoms with van der Waals surface area (Å²) in [5, 5.41) is 7.10. The molecule has 1 aromatic heterocycles. The number of piperidine rings is 1. The van der Waals surface area contributed by atoms with Crippen LogP contribution in [0.2, 0.25) is 0 Å². The molecule has 1 aliphatic heterocycles. The van der Waals surface area contributed by atoms with Crippen LogP contribution >= 0.6 is 0 Å². The Morgan fingerprint density at radius 3 is 2.83 bits per heavy atom. The van der Waals surface area contributed by atoms with Gasteiger partial charge in [0.2, 0.25) is 0 Å². The van der Waals surface area contributed by atoms with Crippen molar-refractivity contribution < 1.29 is 4.79 Å². The van der Waals surface area contributed by atoms with Crippen molar-refractivity contribution in [2.24, 2.45) is 0 Å². The number of amides is 1. The molecule has 2 aromatic rings. The predicted molar refractivity (Wildman–Crippen MR) is 89.6 cm³/mol. The molecule has 4 rings (SSSR count). The Bertz CT molecular complexity index is 693. The number of likely N-dealkylation sites (tertiary alicyclic amines) is 1. The van der Waals surface area contributed by atoms with E-state index in [1.54, 1.807) is 6.20 Å². The lowest BCUT2D eigenvalue weighted by Crippen LogP contribution is -2.39. The van der Waals surface area contributed by atoms with Gasteiger partial charge in [0.25, 0.3) is 5.91 Å². The molecular formula is C19H23N3O. The number of hydrogen-bond acceptors (Lipinski definition) is 2. The van der Waals surface area contributed by atoms with Gasteiger partial charge in [0, 0.05) is 36.5 Å². The van der Waals surface area contributed by atoms with Gasteiger partial charge in [-0.05, 0) is 67.9 Å². The van der Waals surface area contributed by atoms with Crippen LogP contribution in [0.25, 0.3) is 0 Å². The van der Waals surface area contributed by atoms with Crippen molar-refractivity contribution in [2.75, 3.05) is 13.1 Å². The molecule has 4 nitrogen and oxygen atoms in total. The summed E-state index contributed by atoms with van der Waals surface area (Å²) in [5.41, 5.74) is 4.81. The maximum Gasteiger partial charge on any atom is 0.253 e. The zero-order valence-corrected chi connectivity index (χ0v) is 13.4. The molecule has 1 aliphatic carbocycles. The summed E-state index contributed by atoms with van der Waals surface area (Å²) >= 11 is 0. The lowest BCUT2D eigenvalue weighted by molar-refractivity contribution is 0.0705. The Labute approximate surface area is 136 Å². The highest BCUT2D eigenvalue weighted by Gasteiger charge is 2.26. The Kier molecular flexibility index (Phi) is 3.90. The van der Waals surface area contributed by atoms with E-state index < -0.39 is 0 Å². The van der Waals surface area contributed by atoms with Gasteiger partial charge < -0.3 is 4.90 Å². The summed E-state index contributed by atoms with van der Waals surface area (Å²) in [6.07, 6.45) is 8.77. The monoisotopic (exact) mass is 309 g/mol. The molecule has 1 amide bonds. The number of aromatic amines is 1. The van der Waals surface area contributed by atoms with Crippen LogP contribution in [0.1, 0.15) is 58.8 Å². The predicted octanol–water partition coefficient (Wildman–Crippen LogP) is 3.31. The van der Waals surface area contributed by atoms with Crippen LogP contribution in [0.4, 0.5) is 0 Å².